The molecule has 1 aliphatic carbocycles. The highest BCUT2D eigenvalue weighted by atomic mass is 32.2. The van der Waals surface area contributed by atoms with Gasteiger partial charge in [-0.3, -0.25) is 0 Å². The molecule has 1 fully saturated rings. The molecular weight excluding hydrogens is 487 g/mol. The number of thioether (sulfide) groups is 1. The molecule has 1 heterocycles. The second kappa shape index (κ2) is 10.2. The highest BCUT2D eigenvalue weighted by molar-refractivity contribution is 8.00. The lowest BCUT2D eigenvalue weighted by Crippen LogP contribution is -2.29. The van der Waals surface area contributed by atoms with Crippen molar-refractivity contribution in [3.63, 3.8) is 0 Å². The number of imidazole rings is 1. The van der Waals surface area contributed by atoms with E-state index in [4.69, 9.17) is 4.98 Å². The van der Waals surface area contributed by atoms with Crippen LogP contribution in [0.3, 0.4) is 0 Å². The maximum atomic E-state index is 12.7. The summed E-state index contributed by atoms with van der Waals surface area (Å²) in [4.78, 5) is 16.5. The van der Waals surface area contributed by atoms with Gasteiger partial charge in [-0.2, -0.15) is 13.2 Å². The van der Waals surface area contributed by atoms with Crippen molar-refractivity contribution in [3.8, 4) is 0 Å². The molecule has 0 saturated heterocycles. The summed E-state index contributed by atoms with van der Waals surface area (Å²) in [5.74, 6) is 0.753. The number of halogens is 3. The fraction of sp³-hybridized carbons (Fsp3) is 0.407. The van der Waals surface area contributed by atoms with Crippen molar-refractivity contribution < 1.29 is 22.7 Å². The molecule has 2 aromatic carbocycles. The molecule has 0 spiro atoms. The molecule has 1 unspecified atom stereocenters. The number of fused-ring (bicyclic) bond motifs is 1. The van der Waals surface area contributed by atoms with Crippen LogP contribution in [0.4, 0.5) is 24.8 Å². The van der Waals surface area contributed by atoms with E-state index in [1.807, 2.05) is 18.2 Å². The van der Waals surface area contributed by atoms with Crippen molar-refractivity contribution in [2.45, 2.75) is 56.5 Å². The molecule has 36 heavy (non-hydrogen) atoms. The Labute approximate surface area is 213 Å². The van der Waals surface area contributed by atoms with Gasteiger partial charge in [-0.15, -0.1) is 0 Å². The minimum Gasteiger partial charge on any atom is -0.466 e. The Kier molecular flexibility index (Phi) is 7.41. The van der Waals surface area contributed by atoms with E-state index >= 15 is 0 Å². The number of esters is 1. The molecule has 3 aromatic rings. The van der Waals surface area contributed by atoms with Crippen molar-refractivity contribution >= 4 is 46.5 Å². The third-order valence-corrected chi connectivity index (χ3v) is 7.14. The largest absolute Gasteiger partial charge is 0.466 e. The van der Waals surface area contributed by atoms with Gasteiger partial charge in [0.15, 0.2) is 0 Å². The van der Waals surface area contributed by atoms with Crippen molar-refractivity contribution in [1.29, 1.82) is 0 Å². The Morgan fingerprint density at radius 1 is 1.19 bits per heavy atom. The highest BCUT2D eigenvalue weighted by Gasteiger charge is 2.34. The third-order valence-electron chi connectivity index (χ3n) is 6.40. The molecule has 0 bridgehead atoms. The number of carbonyl (C=O) groups is 1. The van der Waals surface area contributed by atoms with Crippen LogP contribution in [0.15, 0.2) is 53.4 Å². The number of carbonyl (C=O) groups excluding carboxylic acids is 1. The van der Waals surface area contributed by atoms with Crippen LogP contribution in [-0.4, -0.2) is 28.1 Å². The van der Waals surface area contributed by atoms with Crippen molar-refractivity contribution in [1.82, 2.24) is 9.55 Å². The van der Waals surface area contributed by atoms with E-state index in [-0.39, 0.29) is 28.1 Å². The molecule has 4 rings (SSSR count). The second-order valence-corrected chi connectivity index (χ2v) is 11.3. The van der Waals surface area contributed by atoms with Gasteiger partial charge in [0.2, 0.25) is 5.95 Å². The molecule has 1 N–H and O–H groups in total. The number of aromatic nitrogens is 2. The Hall–Kier alpha value is -2.94. The van der Waals surface area contributed by atoms with Crippen molar-refractivity contribution in [3.05, 3.63) is 54.1 Å². The topological polar surface area (TPSA) is 56.1 Å². The minimum absolute atomic E-state index is 0.131. The quantitative estimate of drug-likeness (QED) is 0.204. The average Bonchev–Trinajstić information content (AvgIpc) is 3.13. The molecule has 1 aromatic heterocycles. The van der Waals surface area contributed by atoms with Gasteiger partial charge in [0, 0.05) is 22.7 Å². The van der Waals surface area contributed by atoms with Gasteiger partial charge in [-0.1, -0.05) is 26.8 Å². The molecule has 1 aliphatic rings. The van der Waals surface area contributed by atoms with E-state index in [2.05, 4.69) is 35.4 Å². The second-order valence-electron chi connectivity index (χ2n) is 10.2. The molecule has 192 valence electrons. The van der Waals surface area contributed by atoms with Crippen LogP contribution in [0.2, 0.25) is 0 Å². The number of alkyl halides is 3. The maximum Gasteiger partial charge on any atom is 0.446 e. The fourth-order valence-corrected chi connectivity index (χ4v) is 5.81. The Bertz CT molecular complexity index is 1270. The van der Waals surface area contributed by atoms with Crippen LogP contribution < -0.4 is 5.32 Å². The number of hydrogen-bond acceptors (Lipinski definition) is 5. The zero-order chi connectivity index (χ0) is 26.1. The molecule has 0 aliphatic heterocycles. The first kappa shape index (κ1) is 26.1. The van der Waals surface area contributed by atoms with Gasteiger partial charge in [0.1, 0.15) is 0 Å². The molecule has 1 saturated carbocycles. The number of hydrogen-bond donors (Lipinski definition) is 1. The highest BCUT2D eigenvalue weighted by Crippen LogP contribution is 2.46. The van der Waals surface area contributed by atoms with Crippen molar-refractivity contribution in [2.24, 2.45) is 11.3 Å². The van der Waals surface area contributed by atoms with Crippen LogP contribution in [0, 0.1) is 11.3 Å². The van der Waals surface area contributed by atoms with Gasteiger partial charge in [-0.25, -0.2) is 9.78 Å². The van der Waals surface area contributed by atoms with Gasteiger partial charge >= 0.3 is 11.5 Å². The summed E-state index contributed by atoms with van der Waals surface area (Å²) in [6.07, 6.45) is 6.19. The molecule has 0 amide bonds. The molecule has 0 radical (unpaired) electrons. The lowest BCUT2D eigenvalue weighted by molar-refractivity contribution is -0.134. The number of ether oxygens (including phenoxy) is 1. The number of benzene rings is 2. The van der Waals surface area contributed by atoms with Crippen molar-refractivity contribution in [2.75, 3.05) is 12.4 Å². The van der Waals surface area contributed by atoms with E-state index < -0.39 is 11.5 Å². The fourth-order valence-electron chi connectivity index (χ4n) is 5.27. The predicted molar refractivity (Wildman–Crippen MR) is 138 cm³/mol. The van der Waals surface area contributed by atoms with Crippen LogP contribution in [-0.2, 0) is 9.53 Å². The lowest BCUT2D eigenvalue weighted by Gasteiger charge is -2.40. The van der Waals surface area contributed by atoms with Gasteiger partial charge in [-0.05, 0) is 90.4 Å². The summed E-state index contributed by atoms with van der Waals surface area (Å²) in [7, 11) is 1.33. The third kappa shape index (κ3) is 6.43. The van der Waals surface area contributed by atoms with E-state index in [0.717, 1.165) is 35.9 Å². The smallest absolute Gasteiger partial charge is 0.446 e. The molecule has 2 atom stereocenters. The Morgan fingerprint density at radius 3 is 2.56 bits per heavy atom. The first-order chi connectivity index (χ1) is 16.9. The van der Waals surface area contributed by atoms with Crippen LogP contribution >= 0.6 is 11.8 Å². The van der Waals surface area contributed by atoms with E-state index in [0.29, 0.717) is 17.6 Å². The summed E-state index contributed by atoms with van der Waals surface area (Å²) >= 11 is -0.133. The standard InChI is InChI=1S/C27H30F3N3O2S/c1-17-13-20(16-26(2,3)15-17)33-23-11-5-18(6-12-24(34)35-4)14-22(23)32-25(33)31-19-7-9-21(10-8-19)36-27(28,29)30/h5-12,14,17,20H,13,15-16H2,1-4H3,(H,31,32)/b12-6+/t17-,20?/m0/s1. The number of nitrogens with one attached hydrogen (secondary N) is 1. The zero-order valence-electron chi connectivity index (χ0n) is 20.7. The Balaban J connectivity index is 1.72. The van der Waals surface area contributed by atoms with Gasteiger partial charge in [0.25, 0.3) is 0 Å². The normalized spacial score (nSPS) is 20.1. The average molecular weight is 518 g/mol. The SMILES string of the molecule is COC(=O)/C=C/c1ccc2c(c1)nc(Nc1ccc(SC(F)(F)F)cc1)n2C1C[C@H](C)CC(C)(C)C1. The first-order valence-corrected chi connectivity index (χ1v) is 12.6. The molecular formula is C27H30F3N3O2S. The van der Waals surface area contributed by atoms with Crippen LogP contribution in [0.1, 0.15) is 51.6 Å². The number of nitrogens with zero attached hydrogens (tertiary/aromatic N) is 2. The predicted octanol–water partition coefficient (Wildman–Crippen LogP) is 7.97. The lowest BCUT2D eigenvalue weighted by atomic mass is 9.70. The maximum absolute atomic E-state index is 12.7. The summed E-state index contributed by atoms with van der Waals surface area (Å²) in [5.41, 5.74) is -0.942. The van der Waals surface area contributed by atoms with E-state index in [1.54, 1.807) is 18.2 Å². The van der Waals surface area contributed by atoms with E-state index in [1.165, 1.54) is 25.3 Å². The summed E-state index contributed by atoms with van der Waals surface area (Å²) in [6, 6.07) is 12.2. The van der Waals surface area contributed by atoms with Gasteiger partial charge in [0.05, 0.1) is 18.1 Å². The number of anilines is 2. The monoisotopic (exact) mass is 517 g/mol. The number of methoxy groups -OCH3 is 1. The zero-order valence-corrected chi connectivity index (χ0v) is 21.5. The van der Waals surface area contributed by atoms with E-state index in [9.17, 15) is 18.0 Å². The first-order valence-electron chi connectivity index (χ1n) is 11.8. The van der Waals surface area contributed by atoms with Crippen LogP contribution in [0.25, 0.3) is 17.1 Å². The molecule has 9 heteroatoms. The number of rotatable bonds is 6. The van der Waals surface area contributed by atoms with Crippen LogP contribution in [0.5, 0.6) is 0 Å². The molecule has 5 nitrogen and oxygen atoms in total. The van der Waals surface area contributed by atoms with Gasteiger partial charge < -0.3 is 14.6 Å². The minimum atomic E-state index is -4.33. The summed E-state index contributed by atoms with van der Waals surface area (Å²) < 4.78 is 45.0. The Morgan fingerprint density at radius 2 is 1.92 bits per heavy atom. The summed E-state index contributed by atoms with van der Waals surface area (Å²) in [6.45, 7) is 6.84. The summed E-state index contributed by atoms with van der Waals surface area (Å²) in [5, 5.41) is 3.34.